The maximum atomic E-state index is 12.6. The van der Waals surface area contributed by atoms with E-state index < -0.39 is 15.9 Å². The number of halogens is 1. The second-order valence-corrected chi connectivity index (χ2v) is 8.82. The number of amidine groups is 1. The number of carbonyl (C=O) groups is 1. The van der Waals surface area contributed by atoms with Crippen LogP contribution in [-0.4, -0.2) is 38.7 Å². The van der Waals surface area contributed by atoms with E-state index in [0.717, 1.165) is 13.0 Å². The van der Waals surface area contributed by atoms with Crippen molar-refractivity contribution in [1.82, 2.24) is 4.90 Å². The number of nitrogens with one attached hydrogen (secondary N) is 1. The van der Waals surface area contributed by atoms with Crippen LogP contribution < -0.4 is 5.32 Å². The minimum atomic E-state index is -3.87. The summed E-state index contributed by atoms with van der Waals surface area (Å²) in [6.07, 6.45) is 1.51. The lowest BCUT2D eigenvalue weighted by Crippen LogP contribution is -2.20. The Balaban J connectivity index is 1.57. The molecular weight excluding hydrogens is 414 g/mol. The van der Waals surface area contributed by atoms with E-state index in [-0.39, 0.29) is 10.7 Å². The van der Waals surface area contributed by atoms with E-state index in [0.29, 0.717) is 33.9 Å². The molecule has 1 aliphatic heterocycles. The van der Waals surface area contributed by atoms with Crippen molar-refractivity contribution in [3.63, 3.8) is 0 Å². The highest BCUT2D eigenvalue weighted by atomic mass is 35.5. The number of hydrogen-bond acceptors (Lipinski definition) is 4. The highest BCUT2D eigenvalue weighted by Crippen LogP contribution is 2.25. The average Bonchev–Trinajstić information content (AvgIpc) is 3.27. The van der Waals surface area contributed by atoms with Crippen LogP contribution in [0.25, 0.3) is 11.0 Å². The summed E-state index contributed by atoms with van der Waals surface area (Å²) in [6.45, 7) is 0.785. The molecule has 29 heavy (non-hydrogen) atoms. The second kappa shape index (κ2) is 7.53. The number of benzene rings is 2. The van der Waals surface area contributed by atoms with Crippen molar-refractivity contribution in [3.05, 3.63) is 59.3 Å². The van der Waals surface area contributed by atoms with Gasteiger partial charge in [0.05, 0.1) is 4.90 Å². The van der Waals surface area contributed by atoms with Crippen LogP contribution in [0.5, 0.6) is 0 Å². The Kier molecular flexibility index (Phi) is 5.06. The maximum absolute atomic E-state index is 12.6. The van der Waals surface area contributed by atoms with Gasteiger partial charge in [-0.3, -0.25) is 4.79 Å². The Hall–Kier alpha value is -2.84. The monoisotopic (exact) mass is 431 g/mol. The quantitative estimate of drug-likeness (QED) is 0.669. The van der Waals surface area contributed by atoms with Crippen molar-refractivity contribution in [2.24, 2.45) is 4.40 Å². The van der Waals surface area contributed by atoms with Gasteiger partial charge < -0.3 is 14.6 Å². The molecule has 0 atom stereocenters. The molecule has 1 aliphatic rings. The van der Waals surface area contributed by atoms with Crippen molar-refractivity contribution in [2.75, 3.05) is 18.9 Å². The van der Waals surface area contributed by atoms with E-state index in [1.807, 2.05) is 11.9 Å². The number of anilines is 1. The fourth-order valence-electron chi connectivity index (χ4n) is 3.15. The van der Waals surface area contributed by atoms with Crippen molar-refractivity contribution in [1.29, 1.82) is 0 Å². The molecule has 3 aromatic rings. The first kappa shape index (κ1) is 19.5. The van der Waals surface area contributed by atoms with Gasteiger partial charge in [0, 0.05) is 36.1 Å². The van der Waals surface area contributed by atoms with Crippen LogP contribution in [0.2, 0.25) is 5.02 Å². The van der Waals surface area contributed by atoms with E-state index in [1.165, 1.54) is 12.1 Å². The van der Waals surface area contributed by atoms with E-state index in [9.17, 15) is 13.2 Å². The molecule has 2 aromatic carbocycles. The molecule has 1 amide bonds. The normalized spacial score (nSPS) is 15.9. The van der Waals surface area contributed by atoms with Crippen LogP contribution in [0.1, 0.15) is 23.4 Å². The number of nitrogens with zero attached hydrogens (tertiary/aromatic N) is 2. The molecule has 0 bridgehead atoms. The van der Waals surface area contributed by atoms with Crippen molar-refractivity contribution < 1.29 is 17.6 Å². The van der Waals surface area contributed by atoms with Gasteiger partial charge in [-0.05, 0) is 48.9 Å². The van der Waals surface area contributed by atoms with Crippen LogP contribution >= 0.6 is 11.6 Å². The summed E-state index contributed by atoms with van der Waals surface area (Å²) in [5, 5.41) is 3.90. The molecule has 0 unspecified atom stereocenters. The molecular formula is C20H18ClN3O4S. The Bertz CT molecular complexity index is 1230. The van der Waals surface area contributed by atoms with E-state index >= 15 is 0 Å². The second-order valence-electron chi connectivity index (χ2n) is 6.78. The third-order valence-electron chi connectivity index (χ3n) is 4.65. The summed E-state index contributed by atoms with van der Waals surface area (Å²) in [5.41, 5.74) is 0.863. The molecule has 1 fully saturated rings. The number of sulfonamides is 1. The van der Waals surface area contributed by atoms with Crippen LogP contribution in [0.3, 0.4) is 0 Å². The topological polar surface area (TPSA) is 92.0 Å². The minimum Gasteiger partial charge on any atom is -0.451 e. The van der Waals surface area contributed by atoms with Crippen molar-refractivity contribution >= 4 is 50.0 Å². The van der Waals surface area contributed by atoms with Gasteiger partial charge in [0.1, 0.15) is 11.4 Å². The lowest BCUT2D eigenvalue weighted by molar-refractivity contribution is 0.0998. The molecule has 0 radical (unpaired) electrons. The van der Waals surface area contributed by atoms with Gasteiger partial charge in [0.15, 0.2) is 5.76 Å². The summed E-state index contributed by atoms with van der Waals surface area (Å²) in [6, 6.07) is 12.6. The van der Waals surface area contributed by atoms with E-state index in [2.05, 4.69) is 9.71 Å². The number of carbonyl (C=O) groups excluding carboxylic acids is 1. The zero-order valence-electron chi connectivity index (χ0n) is 15.6. The molecule has 0 aliphatic carbocycles. The third kappa shape index (κ3) is 4.13. The number of rotatable bonds is 4. The standard InChI is InChI=1S/C20H18ClN3O4S/c1-24-9-3-6-19(24)23-29(26,27)16-5-2-4-15(12-16)22-20(25)18-11-13-10-14(21)7-8-17(13)28-18/h2,4-5,7-8,10-12H,3,6,9H2,1H3,(H,22,25)/b23-19-. The number of amides is 1. The first-order chi connectivity index (χ1) is 13.8. The summed E-state index contributed by atoms with van der Waals surface area (Å²) < 4.78 is 34.8. The lowest BCUT2D eigenvalue weighted by atomic mass is 10.2. The van der Waals surface area contributed by atoms with E-state index in [4.69, 9.17) is 16.0 Å². The molecule has 0 spiro atoms. The summed E-state index contributed by atoms with van der Waals surface area (Å²) in [4.78, 5) is 14.4. The molecule has 0 saturated carbocycles. The van der Waals surface area contributed by atoms with Crippen molar-refractivity contribution in [2.45, 2.75) is 17.7 Å². The Morgan fingerprint density at radius 1 is 1.21 bits per heavy atom. The van der Waals surface area contributed by atoms with Crippen LogP contribution in [0.4, 0.5) is 5.69 Å². The summed E-state index contributed by atoms with van der Waals surface area (Å²) in [5.74, 6) is 0.150. The van der Waals surface area contributed by atoms with Gasteiger partial charge in [0.25, 0.3) is 15.9 Å². The smallest absolute Gasteiger partial charge is 0.291 e. The zero-order valence-corrected chi connectivity index (χ0v) is 17.1. The number of hydrogen-bond donors (Lipinski definition) is 1. The van der Waals surface area contributed by atoms with Gasteiger partial charge in [-0.25, -0.2) is 0 Å². The van der Waals surface area contributed by atoms with Crippen LogP contribution in [0.15, 0.2) is 62.2 Å². The predicted molar refractivity (Wildman–Crippen MR) is 112 cm³/mol. The van der Waals surface area contributed by atoms with Gasteiger partial charge in [-0.2, -0.15) is 8.42 Å². The maximum Gasteiger partial charge on any atom is 0.291 e. The van der Waals surface area contributed by atoms with Crippen molar-refractivity contribution in [3.8, 4) is 0 Å². The zero-order chi connectivity index (χ0) is 20.6. The Labute approximate surface area is 173 Å². The van der Waals surface area contributed by atoms with Crippen LogP contribution in [-0.2, 0) is 10.0 Å². The molecule has 1 aromatic heterocycles. The Morgan fingerprint density at radius 2 is 2.03 bits per heavy atom. The molecule has 4 rings (SSSR count). The van der Waals surface area contributed by atoms with Gasteiger partial charge >= 0.3 is 0 Å². The SMILES string of the molecule is CN1CCC/C1=N/S(=O)(=O)c1cccc(NC(=O)c2cc3cc(Cl)ccc3o2)c1. The molecule has 7 nitrogen and oxygen atoms in total. The highest BCUT2D eigenvalue weighted by molar-refractivity contribution is 7.90. The number of furan rings is 1. The summed E-state index contributed by atoms with van der Waals surface area (Å²) >= 11 is 5.95. The fourth-order valence-corrected chi connectivity index (χ4v) is 4.47. The molecule has 2 heterocycles. The predicted octanol–water partition coefficient (Wildman–Crippen LogP) is 4.15. The average molecular weight is 432 g/mol. The number of likely N-dealkylation sites (tertiary alicyclic amines) is 1. The molecule has 1 N–H and O–H groups in total. The Morgan fingerprint density at radius 3 is 2.79 bits per heavy atom. The van der Waals surface area contributed by atoms with Gasteiger partial charge in [0.2, 0.25) is 0 Å². The van der Waals surface area contributed by atoms with Crippen LogP contribution in [0, 0.1) is 0 Å². The largest absolute Gasteiger partial charge is 0.451 e. The highest BCUT2D eigenvalue weighted by Gasteiger charge is 2.21. The molecule has 1 saturated heterocycles. The first-order valence-corrected chi connectivity index (χ1v) is 10.8. The minimum absolute atomic E-state index is 0.0134. The summed E-state index contributed by atoms with van der Waals surface area (Å²) in [7, 11) is -2.05. The fraction of sp³-hybridized carbons (Fsp3) is 0.200. The molecule has 9 heteroatoms. The molecule has 150 valence electrons. The lowest BCUT2D eigenvalue weighted by Gasteiger charge is -2.11. The van der Waals surface area contributed by atoms with Gasteiger partial charge in [-0.1, -0.05) is 17.7 Å². The third-order valence-corrected chi connectivity index (χ3v) is 6.19. The van der Waals surface area contributed by atoms with E-state index in [1.54, 1.807) is 36.4 Å². The first-order valence-electron chi connectivity index (χ1n) is 8.97. The van der Waals surface area contributed by atoms with Gasteiger partial charge in [-0.15, -0.1) is 4.40 Å². The number of fused-ring (bicyclic) bond motifs is 1.